The zero-order valence-corrected chi connectivity index (χ0v) is 17.1. The first-order valence-corrected chi connectivity index (χ1v) is 10.7. The van der Waals surface area contributed by atoms with Crippen LogP contribution in [0.3, 0.4) is 0 Å². The minimum atomic E-state index is 0.0343. The number of aromatic nitrogens is 2. The maximum absolute atomic E-state index is 12.5. The smallest absolute Gasteiger partial charge is 0.246 e. The summed E-state index contributed by atoms with van der Waals surface area (Å²) in [6.07, 6.45) is 3.48. The summed E-state index contributed by atoms with van der Waals surface area (Å²) in [4.78, 5) is 17.7. The average Bonchev–Trinajstić information content (AvgIpc) is 3.44. The van der Waals surface area contributed by atoms with Crippen molar-refractivity contribution in [1.29, 1.82) is 0 Å². The summed E-state index contributed by atoms with van der Waals surface area (Å²) in [6.45, 7) is 2.89. The van der Waals surface area contributed by atoms with E-state index in [1.54, 1.807) is 35.9 Å². The van der Waals surface area contributed by atoms with Gasteiger partial charge in [-0.2, -0.15) is 0 Å². The Labute approximate surface area is 171 Å². The zero-order valence-electron chi connectivity index (χ0n) is 15.4. The standard InChI is InChI=1S/C20H20N4O2S2/c1-26-16-7-4-15(5-8-16)6-9-18(25)23-10-12-24(13-11-23)20-22-21-19(28-20)17-3-2-14-27-17/h2-9,14H,10-13H2,1H3/b9-6+. The van der Waals surface area contributed by atoms with Crippen molar-refractivity contribution in [3.8, 4) is 15.6 Å². The molecule has 0 radical (unpaired) electrons. The molecule has 0 saturated carbocycles. The molecule has 1 aromatic carbocycles. The number of carbonyl (C=O) groups is 1. The van der Waals surface area contributed by atoms with E-state index in [0.29, 0.717) is 13.1 Å². The molecule has 0 aliphatic carbocycles. The summed E-state index contributed by atoms with van der Waals surface area (Å²) in [7, 11) is 1.64. The van der Waals surface area contributed by atoms with Gasteiger partial charge in [0.1, 0.15) is 5.75 Å². The summed E-state index contributed by atoms with van der Waals surface area (Å²) in [5.74, 6) is 0.838. The molecule has 144 valence electrons. The molecule has 3 heterocycles. The average molecular weight is 413 g/mol. The number of anilines is 1. The molecule has 0 spiro atoms. The molecule has 4 rings (SSSR count). The number of rotatable bonds is 5. The number of hydrogen-bond donors (Lipinski definition) is 0. The number of thiophene rings is 1. The highest BCUT2D eigenvalue weighted by Gasteiger charge is 2.22. The van der Waals surface area contributed by atoms with Crippen molar-refractivity contribution in [3.63, 3.8) is 0 Å². The Morgan fingerprint density at radius 2 is 1.89 bits per heavy atom. The monoisotopic (exact) mass is 412 g/mol. The number of methoxy groups -OCH3 is 1. The molecule has 0 unspecified atom stereocenters. The van der Waals surface area contributed by atoms with Crippen molar-refractivity contribution < 1.29 is 9.53 Å². The van der Waals surface area contributed by atoms with Crippen LogP contribution in [0.25, 0.3) is 16.0 Å². The Morgan fingerprint density at radius 3 is 2.57 bits per heavy atom. The van der Waals surface area contributed by atoms with Crippen LogP contribution in [0.5, 0.6) is 5.75 Å². The minimum Gasteiger partial charge on any atom is -0.497 e. The lowest BCUT2D eigenvalue weighted by molar-refractivity contribution is -0.126. The van der Waals surface area contributed by atoms with Crippen LogP contribution in [0.4, 0.5) is 5.13 Å². The van der Waals surface area contributed by atoms with Gasteiger partial charge in [0.05, 0.1) is 12.0 Å². The number of piperazine rings is 1. The molecule has 6 nitrogen and oxygen atoms in total. The summed E-state index contributed by atoms with van der Waals surface area (Å²) in [5, 5.41) is 12.5. The first kappa shape index (κ1) is 18.6. The normalized spacial score (nSPS) is 14.6. The fourth-order valence-electron chi connectivity index (χ4n) is 2.95. The molecule has 0 bridgehead atoms. The predicted octanol–water partition coefficient (Wildman–Crippen LogP) is 3.64. The fraction of sp³-hybridized carbons (Fsp3) is 0.250. The zero-order chi connectivity index (χ0) is 19.3. The highest BCUT2D eigenvalue weighted by molar-refractivity contribution is 7.22. The van der Waals surface area contributed by atoms with E-state index >= 15 is 0 Å². The summed E-state index contributed by atoms with van der Waals surface area (Å²) in [5.41, 5.74) is 0.975. The maximum atomic E-state index is 12.5. The van der Waals surface area contributed by atoms with Gasteiger partial charge in [0, 0.05) is 32.3 Å². The van der Waals surface area contributed by atoms with Crippen LogP contribution < -0.4 is 9.64 Å². The molecule has 1 amide bonds. The molecule has 1 saturated heterocycles. The Bertz CT molecular complexity index is 943. The third-order valence-electron chi connectivity index (χ3n) is 4.54. The molecule has 1 aliphatic heterocycles. The SMILES string of the molecule is COc1ccc(/C=C/C(=O)N2CCN(c3nnc(-c4cccs4)s3)CC2)cc1. The van der Waals surface area contributed by atoms with Crippen molar-refractivity contribution in [2.75, 3.05) is 38.2 Å². The summed E-state index contributed by atoms with van der Waals surface area (Å²) < 4.78 is 5.15. The second-order valence-electron chi connectivity index (χ2n) is 6.29. The van der Waals surface area contributed by atoms with Gasteiger partial charge >= 0.3 is 0 Å². The lowest BCUT2D eigenvalue weighted by atomic mass is 10.2. The fourth-order valence-corrected chi connectivity index (χ4v) is 4.64. The van der Waals surface area contributed by atoms with Crippen molar-refractivity contribution in [3.05, 3.63) is 53.4 Å². The van der Waals surface area contributed by atoms with E-state index in [4.69, 9.17) is 4.74 Å². The molecular weight excluding hydrogens is 392 g/mol. The van der Waals surface area contributed by atoms with E-state index in [0.717, 1.165) is 39.4 Å². The maximum Gasteiger partial charge on any atom is 0.246 e. The van der Waals surface area contributed by atoms with E-state index in [2.05, 4.69) is 21.2 Å². The van der Waals surface area contributed by atoms with Gasteiger partial charge in [-0.15, -0.1) is 21.5 Å². The Morgan fingerprint density at radius 1 is 1.11 bits per heavy atom. The van der Waals surface area contributed by atoms with Crippen molar-refractivity contribution in [2.45, 2.75) is 0 Å². The number of hydrogen-bond acceptors (Lipinski definition) is 7. The number of carbonyl (C=O) groups excluding carboxylic acids is 1. The molecule has 0 atom stereocenters. The van der Waals surface area contributed by atoms with E-state index in [1.807, 2.05) is 46.7 Å². The molecule has 3 aromatic rings. The van der Waals surface area contributed by atoms with Gasteiger partial charge in [-0.25, -0.2) is 0 Å². The van der Waals surface area contributed by atoms with E-state index in [9.17, 15) is 4.79 Å². The van der Waals surface area contributed by atoms with Gasteiger partial charge in [0.25, 0.3) is 0 Å². The van der Waals surface area contributed by atoms with Crippen LogP contribution in [0.1, 0.15) is 5.56 Å². The number of amides is 1. The Balaban J connectivity index is 1.32. The third-order valence-corrected chi connectivity index (χ3v) is 6.57. The van der Waals surface area contributed by atoms with Crippen molar-refractivity contribution in [2.24, 2.45) is 0 Å². The highest BCUT2D eigenvalue weighted by atomic mass is 32.1. The van der Waals surface area contributed by atoms with Crippen molar-refractivity contribution >= 4 is 39.8 Å². The summed E-state index contributed by atoms with van der Waals surface area (Å²) >= 11 is 3.27. The van der Waals surface area contributed by atoms with Gasteiger partial charge in [-0.3, -0.25) is 4.79 Å². The lowest BCUT2D eigenvalue weighted by Gasteiger charge is -2.33. The number of nitrogens with zero attached hydrogens (tertiary/aromatic N) is 4. The molecular formula is C20H20N4O2S2. The van der Waals surface area contributed by atoms with Crippen LogP contribution in [-0.4, -0.2) is 54.3 Å². The van der Waals surface area contributed by atoms with Crippen LogP contribution >= 0.6 is 22.7 Å². The Hall–Kier alpha value is -2.71. The van der Waals surface area contributed by atoms with Crippen LogP contribution in [-0.2, 0) is 4.79 Å². The predicted molar refractivity (Wildman–Crippen MR) is 114 cm³/mol. The molecule has 8 heteroatoms. The van der Waals surface area contributed by atoms with Crippen LogP contribution in [0.2, 0.25) is 0 Å². The third kappa shape index (κ3) is 4.23. The second-order valence-corrected chi connectivity index (χ2v) is 8.19. The topological polar surface area (TPSA) is 58.6 Å². The number of benzene rings is 1. The molecule has 1 fully saturated rings. The van der Waals surface area contributed by atoms with Crippen molar-refractivity contribution in [1.82, 2.24) is 15.1 Å². The molecule has 1 aliphatic rings. The second kappa shape index (κ2) is 8.53. The van der Waals surface area contributed by atoms with Gasteiger partial charge in [0.15, 0.2) is 5.01 Å². The quantitative estimate of drug-likeness (QED) is 0.599. The summed E-state index contributed by atoms with van der Waals surface area (Å²) in [6, 6.07) is 11.7. The lowest BCUT2D eigenvalue weighted by Crippen LogP contribution is -2.48. The first-order chi connectivity index (χ1) is 13.7. The molecule has 28 heavy (non-hydrogen) atoms. The number of ether oxygens (including phenoxy) is 1. The van der Waals surface area contributed by atoms with Crippen LogP contribution in [0.15, 0.2) is 47.9 Å². The largest absolute Gasteiger partial charge is 0.497 e. The molecule has 2 aromatic heterocycles. The Kier molecular flexibility index (Phi) is 5.68. The van der Waals surface area contributed by atoms with Gasteiger partial charge < -0.3 is 14.5 Å². The van der Waals surface area contributed by atoms with Gasteiger partial charge in [-0.1, -0.05) is 29.5 Å². The van der Waals surface area contributed by atoms with Crippen LogP contribution in [0, 0.1) is 0 Å². The van der Waals surface area contributed by atoms with E-state index in [-0.39, 0.29) is 5.91 Å². The highest BCUT2D eigenvalue weighted by Crippen LogP contribution is 2.31. The first-order valence-electron chi connectivity index (χ1n) is 8.96. The molecule has 0 N–H and O–H groups in total. The van der Waals surface area contributed by atoms with E-state index in [1.165, 1.54) is 0 Å². The van der Waals surface area contributed by atoms with Gasteiger partial charge in [0.2, 0.25) is 11.0 Å². The van der Waals surface area contributed by atoms with E-state index < -0.39 is 0 Å². The minimum absolute atomic E-state index is 0.0343. The van der Waals surface area contributed by atoms with Gasteiger partial charge in [-0.05, 0) is 35.2 Å².